The molecule has 0 atom stereocenters. The molecule has 0 fully saturated rings. The standard InChI is InChI=1S/C18H34N6O2.HI/c1-8-18(9-2,23-16(25)26-17(3,4)5)13-21-15(19-6)20-12-14-10-11-22-24(14)7;/h10-11H,8-9,12-13H2,1-7H3,(H,23,25)(H2,19,20,21);1H. The predicted molar refractivity (Wildman–Crippen MR) is 120 cm³/mol. The van der Waals surface area contributed by atoms with Gasteiger partial charge in [0.05, 0.1) is 17.8 Å². The first kappa shape index (κ1) is 25.5. The van der Waals surface area contributed by atoms with Gasteiger partial charge in [-0.3, -0.25) is 9.67 Å². The molecule has 1 rings (SSSR count). The molecule has 1 aromatic rings. The molecule has 0 saturated heterocycles. The second-order valence-electron chi connectivity index (χ2n) is 7.34. The van der Waals surface area contributed by atoms with Crippen molar-refractivity contribution < 1.29 is 9.53 Å². The SMILES string of the molecule is CCC(CC)(CNC(=NC)NCc1ccnn1C)NC(=O)OC(C)(C)C.I. The zero-order valence-corrected chi connectivity index (χ0v) is 19.9. The van der Waals surface area contributed by atoms with Gasteiger partial charge in [0.15, 0.2) is 5.96 Å². The molecule has 0 unspecified atom stereocenters. The smallest absolute Gasteiger partial charge is 0.408 e. The number of carbonyl (C=O) groups excluding carboxylic acids is 1. The number of ether oxygens (including phenoxy) is 1. The van der Waals surface area contributed by atoms with Gasteiger partial charge in [0.25, 0.3) is 0 Å². The highest BCUT2D eigenvalue weighted by molar-refractivity contribution is 14.0. The Kier molecular flexibility index (Phi) is 10.7. The normalized spacial score (nSPS) is 12.2. The highest BCUT2D eigenvalue weighted by Gasteiger charge is 2.30. The molecule has 0 radical (unpaired) electrons. The van der Waals surface area contributed by atoms with Gasteiger partial charge in [-0.25, -0.2) is 4.79 Å². The van der Waals surface area contributed by atoms with E-state index in [0.29, 0.717) is 19.0 Å². The van der Waals surface area contributed by atoms with Crippen LogP contribution in [0.5, 0.6) is 0 Å². The molecule has 0 aliphatic rings. The summed E-state index contributed by atoms with van der Waals surface area (Å²) >= 11 is 0. The highest BCUT2D eigenvalue weighted by Crippen LogP contribution is 2.16. The summed E-state index contributed by atoms with van der Waals surface area (Å²) < 4.78 is 7.22. The molecule has 9 heteroatoms. The van der Waals surface area contributed by atoms with E-state index in [1.165, 1.54) is 0 Å². The molecule has 3 N–H and O–H groups in total. The van der Waals surface area contributed by atoms with Crippen LogP contribution in [0, 0.1) is 0 Å². The molecule has 8 nitrogen and oxygen atoms in total. The summed E-state index contributed by atoms with van der Waals surface area (Å²) in [5.74, 6) is 0.670. The molecule has 1 aromatic heterocycles. The number of hydrogen-bond donors (Lipinski definition) is 3. The van der Waals surface area contributed by atoms with E-state index in [-0.39, 0.29) is 24.0 Å². The minimum atomic E-state index is -0.522. The van der Waals surface area contributed by atoms with E-state index < -0.39 is 17.2 Å². The number of aryl methyl sites for hydroxylation is 1. The molecule has 0 aromatic carbocycles. The van der Waals surface area contributed by atoms with Crippen molar-refractivity contribution in [1.82, 2.24) is 25.7 Å². The molecule has 0 saturated carbocycles. The Morgan fingerprint density at radius 2 is 1.89 bits per heavy atom. The lowest BCUT2D eigenvalue weighted by Crippen LogP contribution is -2.57. The van der Waals surface area contributed by atoms with Crippen molar-refractivity contribution in [1.29, 1.82) is 0 Å². The van der Waals surface area contributed by atoms with E-state index in [1.807, 2.05) is 52.4 Å². The molecular weight excluding hydrogens is 459 g/mol. The minimum Gasteiger partial charge on any atom is -0.444 e. The number of hydrogen-bond acceptors (Lipinski definition) is 4. The number of aromatic nitrogens is 2. The molecule has 0 aliphatic carbocycles. The largest absolute Gasteiger partial charge is 0.444 e. The molecule has 27 heavy (non-hydrogen) atoms. The average Bonchev–Trinajstić information content (AvgIpc) is 2.97. The lowest BCUT2D eigenvalue weighted by molar-refractivity contribution is 0.0448. The third-order valence-corrected chi connectivity index (χ3v) is 4.30. The summed E-state index contributed by atoms with van der Waals surface area (Å²) in [4.78, 5) is 16.5. The Bertz CT molecular complexity index is 605. The first-order chi connectivity index (χ1) is 12.1. The van der Waals surface area contributed by atoms with Crippen LogP contribution >= 0.6 is 24.0 Å². The van der Waals surface area contributed by atoms with Crippen LogP contribution in [-0.4, -0.2) is 46.6 Å². The van der Waals surface area contributed by atoms with E-state index in [4.69, 9.17) is 4.74 Å². The number of aliphatic imine (C=N–C) groups is 1. The summed E-state index contributed by atoms with van der Waals surface area (Å²) in [6.07, 6.45) is 2.90. The van der Waals surface area contributed by atoms with Crippen molar-refractivity contribution in [2.75, 3.05) is 13.6 Å². The van der Waals surface area contributed by atoms with Gasteiger partial charge in [-0.2, -0.15) is 5.10 Å². The Balaban J connectivity index is 0.00000676. The van der Waals surface area contributed by atoms with Crippen LogP contribution in [0.3, 0.4) is 0 Å². The monoisotopic (exact) mass is 494 g/mol. The van der Waals surface area contributed by atoms with E-state index in [1.54, 1.807) is 13.2 Å². The van der Waals surface area contributed by atoms with Gasteiger partial charge < -0.3 is 20.7 Å². The van der Waals surface area contributed by atoms with Gasteiger partial charge in [-0.15, -0.1) is 24.0 Å². The van der Waals surface area contributed by atoms with Gasteiger partial charge in [0.2, 0.25) is 0 Å². The van der Waals surface area contributed by atoms with E-state index in [2.05, 4.69) is 26.0 Å². The first-order valence-electron chi connectivity index (χ1n) is 9.07. The number of rotatable bonds is 7. The zero-order chi connectivity index (χ0) is 19.8. The number of alkyl carbamates (subject to hydrolysis) is 1. The third-order valence-electron chi connectivity index (χ3n) is 4.30. The lowest BCUT2D eigenvalue weighted by Gasteiger charge is -2.34. The number of halogens is 1. The van der Waals surface area contributed by atoms with Crippen LogP contribution in [0.2, 0.25) is 0 Å². The fraction of sp³-hybridized carbons (Fsp3) is 0.722. The van der Waals surface area contributed by atoms with Crippen molar-refractivity contribution >= 4 is 36.0 Å². The second-order valence-corrected chi connectivity index (χ2v) is 7.34. The maximum atomic E-state index is 12.2. The average molecular weight is 494 g/mol. The molecule has 0 bridgehead atoms. The Hall–Kier alpha value is -1.52. The fourth-order valence-electron chi connectivity index (χ4n) is 2.46. The minimum absolute atomic E-state index is 0. The first-order valence-corrected chi connectivity index (χ1v) is 9.07. The molecule has 0 spiro atoms. The summed E-state index contributed by atoms with van der Waals surface area (Å²) in [5.41, 5.74) is 0.120. The van der Waals surface area contributed by atoms with Crippen LogP contribution in [0.15, 0.2) is 17.3 Å². The summed E-state index contributed by atoms with van der Waals surface area (Å²) in [6, 6.07) is 1.95. The van der Waals surface area contributed by atoms with Crippen molar-refractivity contribution in [3.8, 4) is 0 Å². The number of guanidine groups is 1. The van der Waals surface area contributed by atoms with E-state index >= 15 is 0 Å². The maximum Gasteiger partial charge on any atom is 0.408 e. The van der Waals surface area contributed by atoms with Crippen LogP contribution in [0.4, 0.5) is 4.79 Å². The van der Waals surface area contributed by atoms with Crippen molar-refractivity contribution in [3.05, 3.63) is 18.0 Å². The van der Waals surface area contributed by atoms with Gasteiger partial charge in [-0.1, -0.05) is 13.8 Å². The topological polar surface area (TPSA) is 92.6 Å². The molecule has 0 aliphatic heterocycles. The second kappa shape index (κ2) is 11.4. The van der Waals surface area contributed by atoms with Crippen LogP contribution in [-0.2, 0) is 18.3 Å². The van der Waals surface area contributed by atoms with E-state index in [9.17, 15) is 4.79 Å². The molecule has 1 amide bonds. The number of carbonyl (C=O) groups is 1. The number of nitrogens with zero attached hydrogens (tertiary/aromatic N) is 3. The lowest BCUT2D eigenvalue weighted by atomic mass is 9.93. The summed E-state index contributed by atoms with van der Waals surface area (Å²) in [6.45, 7) is 10.8. The fourth-order valence-corrected chi connectivity index (χ4v) is 2.46. The molecular formula is C18H35IN6O2. The van der Waals surface area contributed by atoms with Crippen LogP contribution in [0.25, 0.3) is 0 Å². The summed E-state index contributed by atoms with van der Waals surface area (Å²) in [5, 5.41) is 13.7. The van der Waals surface area contributed by atoms with Gasteiger partial charge in [0.1, 0.15) is 5.60 Å². The summed E-state index contributed by atoms with van der Waals surface area (Å²) in [7, 11) is 3.62. The van der Waals surface area contributed by atoms with Gasteiger partial charge >= 0.3 is 6.09 Å². The molecule has 1 heterocycles. The number of amides is 1. The van der Waals surface area contributed by atoms with E-state index in [0.717, 1.165) is 18.5 Å². The van der Waals surface area contributed by atoms with Crippen LogP contribution in [0.1, 0.15) is 53.2 Å². The Morgan fingerprint density at radius 3 is 2.33 bits per heavy atom. The predicted octanol–water partition coefficient (Wildman–Crippen LogP) is 2.79. The maximum absolute atomic E-state index is 12.2. The zero-order valence-electron chi connectivity index (χ0n) is 17.5. The van der Waals surface area contributed by atoms with Crippen molar-refractivity contribution in [2.45, 2.75) is 65.1 Å². The third kappa shape index (κ3) is 8.81. The van der Waals surface area contributed by atoms with Gasteiger partial charge in [0, 0.05) is 26.8 Å². The van der Waals surface area contributed by atoms with Crippen molar-refractivity contribution in [2.24, 2.45) is 12.0 Å². The van der Waals surface area contributed by atoms with Crippen molar-refractivity contribution in [3.63, 3.8) is 0 Å². The Morgan fingerprint density at radius 1 is 1.26 bits per heavy atom. The quantitative estimate of drug-likeness (QED) is 0.308. The molecule has 156 valence electrons. The highest BCUT2D eigenvalue weighted by atomic mass is 127. The Labute approximate surface area is 179 Å². The van der Waals surface area contributed by atoms with Crippen LogP contribution < -0.4 is 16.0 Å². The van der Waals surface area contributed by atoms with Gasteiger partial charge in [-0.05, 0) is 39.7 Å². The number of nitrogens with one attached hydrogen (secondary N) is 3.